The van der Waals surface area contributed by atoms with Crippen molar-refractivity contribution in [3.05, 3.63) is 66.2 Å². The third kappa shape index (κ3) is 5.19. The lowest BCUT2D eigenvalue weighted by Crippen LogP contribution is -2.51. The van der Waals surface area contributed by atoms with Crippen molar-refractivity contribution in [2.45, 2.75) is 11.3 Å². The first-order valence-corrected chi connectivity index (χ1v) is 11.0. The van der Waals surface area contributed by atoms with Gasteiger partial charge in [0.05, 0.1) is 11.4 Å². The molecule has 0 radical (unpaired) electrons. The number of amides is 1. The van der Waals surface area contributed by atoms with E-state index in [0.717, 1.165) is 18.7 Å². The molecule has 0 N–H and O–H groups in total. The smallest absolute Gasteiger partial charge is 0.243 e. The number of likely N-dealkylation sites (N-methyl/N-ethyl adjacent to an activating group) is 1. The number of benzene rings is 2. The maximum absolute atomic E-state index is 13.2. The minimum atomic E-state index is -3.74. The molecule has 1 heterocycles. The number of hydrogen-bond donors (Lipinski definition) is 0. The predicted molar refractivity (Wildman–Crippen MR) is 109 cm³/mol. The van der Waals surface area contributed by atoms with Gasteiger partial charge in [0.15, 0.2) is 0 Å². The highest BCUT2D eigenvalue weighted by molar-refractivity contribution is 7.89. The van der Waals surface area contributed by atoms with E-state index in [-0.39, 0.29) is 23.9 Å². The third-order valence-electron chi connectivity index (χ3n) is 5.04. The largest absolute Gasteiger partial charge is 0.339 e. The quantitative estimate of drug-likeness (QED) is 0.709. The van der Waals surface area contributed by atoms with Crippen molar-refractivity contribution in [1.29, 1.82) is 0 Å². The van der Waals surface area contributed by atoms with Gasteiger partial charge in [0.2, 0.25) is 15.9 Å². The molecule has 0 atom stereocenters. The van der Waals surface area contributed by atoms with Crippen LogP contribution >= 0.6 is 0 Å². The van der Waals surface area contributed by atoms with Crippen molar-refractivity contribution in [3.63, 3.8) is 0 Å². The molecule has 28 heavy (non-hydrogen) atoms. The SMILES string of the molecule is CN1CCN(C(=O)CN(CCc2ccccc2)S(=O)(=O)c2ccccc2)CC1. The third-order valence-corrected chi connectivity index (χ3v) is 6.90. The van der Waals surface area contributed by atoms with E-state index in [0.29, 0.717) is 19.5 Å². The molecule has 2 aromatic carbocycles. The van der Waals surface area contributed by atoms with Crippen molar-refractivity contribution >= 4 is 15.9 Å². The molecule has 3 rings (SSSR count). The van der Waals surface area contributed by atoms with Crippen LogP contribution in [0, 0.1) is 0 Å². The minimum Gasteiger partial charge on any atom is -0.339 e. The number of carbonyl (C=O) groups is 1. The van der Waals surface area contributed by atoms with Crippen LogP contribution in [0.2, 0.25) is 0 Å². The second-order valence-electron chi connectivity index (χ2n) is 7.07. The van der Waals surface area contributed by atoms with E-state index < -0.39 is 10.0 Å². The number of rotatable bonds is 7. The fourth-order valence-electron chi connectivity index (χ4n) is 3.23. The summed E-state index contributed by atoms with van der Waals surface area (Å²) < 4.78 is 27.7. The van der Waals surface area contributed by atoms with Gasteiger partial charge in [0.1, 0.15) is 0 Å². The molecule has 2 aromatic rings. The second-order valence-corrected chi connectivity index (χ2v) is 9.01. The first-order valence-electron chi connectivity index (χ1n) is 9.52. The van der Waals surface area contributed by atoms with Gasteiger partial charge in [0.25, 0.3) is 0 Å². The van der Waals surface area contributed by atoms with Gasteiger partial charge in [-0.25, -0.2) is 8.42 Å². The van der Waals surface area contributed by atoms with E-state index in [1.165, 1.54) is 4.31 Å². The molecule has 6 nitrogen and oxygen atoms in total. The number of hydrogen-bond acceptors (Lipinski definition) is 4. The summed E-state index contributed by atoms with van der Waals surface area (Å²) in [7, 11) is -1.72. The van der Waals surface area contributed by atoms with Crippen molar-refractivity contribution in [2.24, 2.45) is 0 Å². The molecular formula is C21H27N3O3S. The second kappa shape index (κ2) is 9.32. The van der Waals surface area contributed by atoms with Crippen LogP contribution in [-0.2, 0) is 21.2 Å². The zero-order valence-electron chi connectivity index (χ0n) is 16.2. The highest BCUT2D eigenvalue weighted by Crippen LogP contribution is 2.17. The highest BCUT2D eigenvalue weighted by Gasteiger charge is 2.29. The van der Waals surface area contributed by atoms with E-state index in [1.54, 1.807) is 35.2 Å². The van der Waals surface area contributed by atoms with E-state index in [2.05, 4.69) is 4.90 Å². The Hall–Kier alpha value is -2.22. The van der Waals surface area contributed by atoms with E-state index in [9.17, 15) is 13.2 Å². The van der Waals surface area contributed by atoms with Gasteiger partial charge < -0.3 is 9.80 Å². The minimum absolute atomic E-state index is 0.131. The molecule has 1 aliphatic heterocycles. The van der Waals surface area contributed by atoms with Crippen LogP contribution in [0.25, 0.3) is 0 Å². The summed E-state index contributed by atoms with van der Waals surface area (Å²) in [4.78, 5) is 16.9. The molecule has 0 unspecified atom stereocenters. The van der Waals surface area contributed by atoms with E-state index in [4.69, 9.17) is 0 Å². The zero-order chi connectivity index (χ0) is 20.0. The Labute approximate surface area is 167 Å². The van der Waals surface area contributed by atoms with Gasteiger partial charge in [-0.2, -0.15) is 4.31 Å². The Morgan fingerprint density at radius 2 is 1.50 bits per heavy atom. The number of carbonyl (C=O) groups excluding carboxylic acids is 1. The molecule has 0 aromatic heterocycles. The van der Waals surface area contributed by atoms with E-state index in [1.807, 2.05) is 37.4 Å². The van der Waals surface area contributed by atoms with Crippen LogP contribution in [-0.4, -0.2) is 74.7 Å². The van der Waals surface area contributed by atoms with Crippen molar-refractivity contribution < 1.29 is 13.2 Å². The van der Waals surface area contributed by atoms with Crippen LogP contribution < -0.4 is 0 Å². The number of nitrogens with zero attached hydrogens (tertiary/aromatic N) is 3. The molecule has 1 amide bonds. The van der Waals surface area contributed by atoms with Gasteiger partial charge in [0, 0.05) is 32.7 Å². The molecule has 0 saturated carbocycles. The normalized spacial score (nSPS) is 15.7. The predicted octanol–water partition coefficient (Wildman–Crippen LogP) is 1.69. The molecule has 0 aliphatic carbocycles. The number of sulfonamides is 1. The number of piperazine rings is 1. The molecule has 1 fully saturated rings. The van der Waals surface area contributed by atoms with Crippen LogP contribution in [0.5, 0.6) is 0 Å². The lowest BCUT2D eigenvalue weighted by Gasteiger charge is -2.33. The summed E-state index contributed by atoms with van der Waals surface area (Å²) in [5.74, 6) is -0.138. The first-order chi connectivity index (χ1) is 13.5. The molecule has 7 heteroatoms. The zero-order valence-corrected chi connectivity index (χ0v) is 17.0. The van der Waals surface area contributed by atoms with Crippen LogP contribution in [0.4, 0.5) is 0 Å². The Kier molecular flexibility index (Phi) is 6.83. The first kappa shape index (κ1) is 20.5. The Balaban J connectivity index is 1.76. The lowest BCUT2D eigenvalue weighted by molar-refractivity contribution is -0.132. The fraction of sp³-hybridized carbons (Fsp3) is 0.381. The topological polar surface area (TPSA) is 60.9 Å². The average molecular weight is 402 g/mol. The summed E-state index contributed by atoms with van der Waals surface area (Å²) in [6.07, 6.45) is 0.558. The van der Waals surface area contributed by atoms with Crippen LogP contribution in [0.3, 0.4) is 0 Å². The average Bonchev–Trinajstić information content (AvgIpc) is 2.72. The summed E-state index contributed by atoms with van der Waals surface area (Å²) in [6.45, 7) is 3.01. The van der Waals surface area contributed by atoms with Crippen molar-refractivity contribution in [3.8, 4) is 0 Å². The van der Waals surface area contributed by atoms with Gasteiger partial charge in [-0.3, -0.25) is 4.79 Å². The molecule has 1 aliphatic rings. The standard InChI is InChI=1S/C21H27N3O3S/c1-22-14-16-23(17-15-22)21(25)18-24(13-12-19-8-4-2-5-9-19)28(26,27)20-10-6-3-7-11-20/h2-11H,12-18H2,1H3. The van der Waals surface area contributed by atoms with Gasteiger partial charge >= 0.3 is 0 Å². The fourth-order valence-corrected chi connectivity index (χ4v) is 4.64. The summed E-state index contributed by atoms with van der Waals surface area (Å²) in [5.41, 5.74) is 1.04. The highest BCUT2D eigenvalue weighted by atomic mass is 32.2. The summed E-state index contributed by atoms with van der Waals surface area (Å²) in [6, 6.07) is 18.1. The van der Waals surface area contributed by atoms with E-state index >= 15 is 0 Å². The molecular weight excluding hydrogens is 374 g/mol. The van der Waals surface area contributed by atoms with Crippen LogP contribution in [0.1, 0.15) is 5.56 Å². The van der Waals surface area contributed by atoms with Gasteiger partial charge in [-0.05, 0) is 31.2 Å². The Morgan fingerprint density at radius 3 is 2.11 bits per heavy atom. The Bertz CT molecular complexity index is 864. The van der Waals surface area contributed by atoms with Gasteiger partial charge in [-0.15, -0.1) is 0 Å². The molecule has 150 valence electrons. The Morgan fingerprint density at radius 1 is 0.929 bits per heavy atom. The summed E-state index contributed by atoms with van der Waals surface area (Å²) >= 11 is 0. The van der Waals surface area contributed by atoms with Gasteiger partial charge in [-0.1, -0.05) is 48.5 Å². The molecule has 0 spiro atoms. The van der Waals surface area contributed by atoms with Crippen molar-refractivity contribution in [1.82, 2.24) is 14.1 Å². The van der Waals surface area contributed by atoms with Crippen LogP contribution in [0.15, 0.2) is 65.6 Å². The maximum atomic E-state index is 13.2. The molecule has 1 saturated heterocycles. The van der Waals surface area contributed by atoms with Crippen molar-refractivity contribution in [2.75, 3.05) is 46.3 Å². The monoisotopic (exact) mass is 401 g/mol. The molecule has 0 bridgehead atoms. The maximum Gasteiger partial charge on any atom is 0.243 e. The lowest BCUT2D eigenvalue weighted by atomic mass is 10.1. The summed E-state index contributed by atoms with van der Waals surface area (Å²) in [5, 5.41) is 0.